The SMILES string of the molecule is COc1cc(/C=C/C(=O)c2ccc(-c3cccnc3)s2)ccc1O. The molecule has 1 N–H and O–H groups in total. The van der Waals surface area contributed by atoms with Crippen molar-refractivity contribution in [1.29, 1.82) is 0 Å². The summed E-state index contributed by atoms with van der Waals surface area (Å²) in [6, 6.07) is 12.5. The molecule has 2 aromatic heterocycles. The van der Waals surface area contributed by atoms with Crippen LogP contribution in [-0.4, -0.2) is 23.0 Å². The molecule has 0 aliphatic carbocycles. The van der Waals surface area contributed by atoms with Gasteiger partial charge in [0.05, 0.1) is 12.0 Å². The lowest BCUT2D eigenvalue weighted by Gasteiger charge is -2.03. The van der Waals surface area contributed by atoms with Gasteiger partial charge in [-0.2, -0.15) is 0 Å². The van der Waals surface area contributed by atoms with Crippen molar-refractivity contribution in [1.82, 2.24) is 4.98 Å². The second kappa shape index (κ2) is 7.10. The van der Waals surface area contributed by atoms with E-state index in [-0.39, 0.29) is 11.5 Å². The highest BCUT2D eigenvalue weighted by Crippen LogP contribution is 2.29. The third kappa shape index (κ3) is 3.52. The van der Waals surface area contributed by atoms with Gasteiger partial charge in [-0.15, -0.1) is 11.3 Å². The van der Waals surface area contributed by atoms with Crippen molar-refractivity contribution in [3.05, 3.63) is 71.4 Å². The van der Waals surface area contributed by atoms with Crippen LogP contribution in [0, 0.1) is 0 Å². The molecule has 0 amide bonds. The minimum atomic E-state index is -0.0674. The summed E-state index contributed by atoms with van der Waals surface area (Å²) in [5, 5.41) is 9.58. The lowest BCUT2D eigenvalue weighted by Crippen LogP contribution is -1.89. The third-order valence-corrected chi connectivity index (χ3v) is 4.57. The van der Waals surface area contributed by atoms with Crippen LogP contribution < -0.4 is 4.74 Å². The van der Waals surface area contributed by atoms with Gasteiger partial charge in [0, 0.05) is 22.8 Å². The minimum absolute atomic E-state index is 0.0674. The Balaban J connectivity index is 1.77. The van der Waals surface area contributed by atoms with Crippen molar-refractivity contribution in [3.8, 4) is 21.9 Å². The first-order valence-electron chi connectivity index (χ1n) is 7.27. The molecule has 120 valence electrons. The Hall–Kier alpha value is -2.92. The number of allylic oxidation sites excluding steroid dienone is 1. The standard InChI is InChI=1S/C19H15NO3S/c1-23-17-11-13(4-6-15(17)21)5-7-16(22)19-9-8-18(24-19)14-3-2-10-20-12-14/h2-12,21H,1H3/b7-5+. The highest BCUT2D eigenvalue weighted by Gasteiger charge is 2.08. The lowest BCUT2D eigenvalue weighted by atomic mass is 10.1. The summed E-state index contributed by atoms with van der Waals surface area (Å²) in [4.78, 5) is 18.1. The molecule has 24 heavy (non-hydrogen) atoms. The number of phenolic OH excluding ortho intramolecular Hbond substituents is 1. The molecule has 0 spiro atoms. The van der Waals surface area contributed by atoms with Gasteiger partial charge in [-0.3, -0.25) is 9.78 Å². The summed E-state index contributed by atoms with van der Waals surface area (Å²) in [7, 11) is 1.49. The molecule has 4 nitrogen and oxygen atoms in total. The number of thiophene rings is 1. The van der Waals surface area contributed by atoms with E-state index in [0.29, 0.717) is 10.6 Å². The Morgan fingerprint density at radius 2 is 2.12 bits per heavy atom. The van der Waals surface area contributed by atoms with Crippen molar-refractivity contribution in [2.24, 2.45) is 0 Å². The molecule has 1 aromatic carbocycles. The molecule has 0 fully saturated rings. The highest BCUT2D eigenvalue weighted by molar-refractivity contribution is 7.17. The Kier molecular flexibility index (Phi) is 4.72. The predicted octanol–water partition coefficient (Wildman–Crippen LogP) is 4.42. The van der Waals surface area contributed by atoms with E-state index in [4.69, 9.17) is 4.74 Å². The largest absolute Gasteiger partial charge is 0.504 e. The predicted molar refractivity (Wildman–Crippen MR) is 95.6 cm³/mol. The van der Waals surface area contributed by atoms with Crippen molar-refractivity contribution in [3.63, 3.8) is 0 Å². The molecule has 0 saturated carbocycles. The fraction of sp³-hybridized carbons (Fsp3) is 0.0526. The monoisotopic (exact) mass is 337 g/mol. The Labute approximate surface area is 143 Å². The average Bonchev–Trinajstić information content (AvgIpc) is 3.12. The maximum absolute atomic E-state index is 12.3. The molecule has 3 aromatic rings. The van der Waals surface area contributed by atoms with Gasteiger partial charge < -0.3 is 9.84 Å². The summed E-state index contributed by atoms with van der Waals surface area (Å²) in [6.45, 7) is 0. The van der Waals surface area contributed by atoms with Crippen molar-refractivity contribution in [2.45, 2.75) is 0 Å². The number of hydrogen-bond acceptors (Lipinski definition) is 5. The molecular formula is C19H15NO3S. The molecule has 5 heteroatoms. The van der Waals surface area contributed by atoms with Gasteiger partial charge in [-0.1, -0.05) is 18.2 Å². The quantitative estimate of drug-likeness (QED) is 0.553. The lowest BCUT2D eigenvalue weighted by molar-refractivity contribution is 0.105. The average molecular weight is 337 g/mol. The summed E-state index contributed by atoms with van der Waals surface area (Å²) >= 11 is 1.43. The Morgan fingerprint density at radius 3 is 2.88 bits per heavy atom. The Bertz CT molecular complexity index is 885. The van der Waals surface area contributed by atoms with Crippen molar-refractivity contribution >= 4 is 23.2 Å². The highest BCUT2D eigenvalue weighted by atomic mass is 32.1. The molecule has 2 heterocycles. The van der Waals surface area contributed by atoms with E-state index >= 15 is 0 Å². The van der Waals surface area contributed by atoms with Crippen LogP contribution in [0.5, 0.6) is 11.5 Å². The summed E-state index contributed by atoms with van der Waals surface area (Å²) in [6.07, 6.45) is 6.72. The molecule has 0 aliphatic rings. The normalized spacial score (nSPS) is 10.9. The van der Waals surface area contributed by atoms with Crippen LogP contribution >= 0.6 is 11.3 Å². The van der Waals surface area contributed by atoms with Gasteiger partial charge in [-0.05, 0) is 42.0 Å². The molecule has 0 aliphatic heterocycles. The first-order valence-corrected chi connectivity index (χ1v) is 8.08. The van der Waals surface area contributed by atoms with Gasteiger partial charge in [0.25, 0.3) is 0 Å². The van der Waals surface area contributed by atoms with Crippen LogP contribution in [0.25, 0.3) is 16.5 Å². The number of methoxy groups -OCH3 is 1. The van der Waals surface area contributed by atoms with Gasteiger partial charge >= 0.3 is 0 Å². The van der Waals surface area contributed by atoms with Crippen LogP contribution in [0.15, 0.2) is 60.9 Å². The molecule has 0 unspecified atom stereocenters. The van der Waals surface area contributed by atoms with E-state index in [2.05, 4.69) is 4.98 Å². The van der Waals surface area contributed by atoms with Crippen molar-refractivity contribution in [2.75, 3.05) is 7.11 Å². The first kappa shape index (κ1) is 16.0. The zero-order valence-electron chi connectivity index (χ0n) is 13.0. The van der Waals surface area contributed by atoms with E-state index in [0.717, 1.165) is 16.0 Å². The van der Waals surface area contributed by atoms with E-state index in [9.17, 15) is 9.90 Å². The molecule has 0 bridgehead atoms. The summed E-state index contributed by atoms with van der Waals surface area (Å²) in [5.74, 6) is 0.377. The fourth-order valence-electron chi connectivity index (χ4n) is 2.19. The van der Waals surface area contributed by atoms with Gasteiger partial charge in [0.15, 0.2) is 17.3 Å². The van der Waals surface area contributed by atoms with Crippen LogP contribution in [0.4, 0.5) is 0 Å². The van der Waals surface area contributed by atoms with Crippen molar-refractivity contribution < 1.29 is 14.6 Å². The number of carbonyl (C=O) groups is 1. The number of ketones is 1. The number of benzene rings is 1. The fourth-order valence-corrected chi connectivity index (χ4v) is 3.10. The van der Waals surface area contributed by atoms with Gasteiger partial charge in [0.1, 0.15) is 0 Å². The maximum Gasteiger partial charge on any atom is 0.195 e. The number of pyridine rings is 1. The van der Waals surface area contributed by atoms with E-state index < -0.39 is 0 Å². The third-order valence-electron chi connectivity index (χ3n) is 3.43. The number of phenols is 1. The van der Waals surface area contributed by atoms with E-state index in [1.54, 1.807) is 30.6 Å². The number of aromatic nitrogens is 1. The molecule has 0 saturated heterocycles. The number of rotatable bonds is 5. The molecule has 0 radical (unpaired) electrons. The van der Waals surface area contributed by atoms with Gasteiger partial charge in [0.2, 0.25) is 0 Å². The second-order valence-electron chi connectivity index (χ2n) is 5.03. The number of hydrogen-bond donors (Lipinski definition) is 1. The van der Waals surface area contributed by atoms with Gasteiger partial charge in [-0.25, -0.2) is 0 Å². The zero-order chi connectivity index (χ0) is 16.9. The number of ether oxygens (including phenoxy) is 1. The van der Waals surface area contributed by atoms with Crippen LogP contribution in [0.2, 0.25) is 0 Å². The summed E-state index contributed by atoms with van der Waals surface area (Å²) in [5.41, 5.74) is 1.77. The topological polar surface area (TPSA) is 59.4 Å². The minimum Gasteiger partial charge on any atom is -0.504 e. The van der Waals surface area contributed by atoms with Crippen LogP contribution in [0.1, 0.15) is 15.2 Å². The van der Waals surface area contributed by atoms with E-state index in [1.807, 2.05) is 24.3 Å². The number of aromatic hydroxyl groups is 1. The van der Waals surface area contributed by atoms with Crippen LogP contribution in [0.3, 0.4) is 0 Å². The second-order valence-corrected chi connectivity index (χ2v) is 6.12. The van der Waals surface area contributed by atoms with Crippen LogP contribution in [-0.2, 0) is 0 Å². The Morgan fingerprint density at radius 1 is 1.25 bits per heavy atom. The van der Waals surface area contributed by atoms with E-state index in [1.165, 1.54) is 30.6 Å². The zero-order valence-corrected chi connectivity index (χ0v) is 13.8. The maximum atomic E-state index is 12.3. The summed E-state index contributed by atoms with van der Waals surface area (Å²) < 4.78 is 5.06. The number of carbonyl (C=O) groups excluding carboxylic acids is 1. The number of nitrogens with zero attached hydrogens (tertiary/aromatic N) is 1. The molecule has 0 atom stereocenters. The molecule has 3 rings (SSSR count). The smallest absolute Gasteiger partial charge is 0.195 e. The molecular weight excluding hydrogens is 322 g/mol. The first-order chi connectivity index (χ1) is 11.7.